The fourth-order valence-electron chi connectivity index (χ4n) is 2.48. The van der Waals surface area contributed by atoms with E-state index >= 15 is 0 Å². The van der Waals surface area contributed by atoms with Crippen LogP contribution in [0.1, 0.15) is 12.6 Å². The molecule has 132 valence electrons. The summed E-state index contributed by atoms with van der Waals surface area (Å²) in [5.41, 5.74) is 0.761. The van der Waals surface area contributed by atoms with Gasteiger partial charge in [0.15, 0.2) is 6.10 Å². The molecule has 7 heteroatoms. The van der Waals surface area contributed by atoms with E-state index in [2.05, 4.69) is 20.2 Å². The third-order valence-corrected chi connectivity index (χ3v) is 3.86. The topological polar surface area (TPSA) is 76.6 Å². The average Bonchev–Trinajstić information content (AvgIpc) is 2.68. The number of ether oxygens (including phenoxy) is 2. The van der Waals surface area contributed by atoms with Crippen LogP contribution in [0.3, 0.4) is 0 Å². The lowest BCUT2D eigenvalue weighted by atomic mass is 10.3. The molecule has 1 atom stereocenters. The Morgan fingerprint density at radius 3 is 2.80 bits per heavy atom. The van der Waals surface area contributed by atoms with Crippen molar-refractivity contribution in [2.24, 2.45) is 0 Å². The van der Waals surface area contributed by atoms with Gasteiger partial charge < -0.3 is 19.7 Å². The zero-order valence-corrected chi connectivity index (χ0v) is 14.2. The van der Waals surface area contributed by atoms with Gasteiger partial charge in [0.2, 0.25) is 5.95 Å². The van der Waals surface area contributed by atoms with Crippen LogP contribution in [0.5, 0.6) is 5.75 Å². The molecule has 1 aliphatic heterocycles. The fraction of sp³-hybridized carbons (Fsp3) is 0.389. The molecule has 1 aromatic heterocycles. The summed E-state index contributed by atoms with van der Waals surface area (Å²) in [6.45, 7) is 4.97. The molecular weight excluding hydrogens is 320 g/mol. The minimum atomic E-state index is -0.581. The number of hydrogen-bond donors (Lipinski definition) is 1. The first-order valence-corrected chi connectivity index (χ1v) is 8.36. The van der Waals surface area contributed by atoms with Crippen LogP contribution in [0.4, 0.5) is 5.95 Å². The first-order chi connectivity index (χ1) is 12.2. The quantitative estimate of drug-likeness (QED) is 0.855. The summed E-state index contributed by atoms with van der Waals surface area (Å²) in [5.74, 6) is 1.15. The number of rotatable bonds is 6. The molecule has 0 bridgehead atoms. The SMILES string of the molecule is C[C@H](Oc1ccccc1)C(=O)NCc1ccnc(N2CCOCC2)n1. The van der Waals surface area contributed by atoms with Crippen molar-refractivity contribution in [2.75, 3.05) is 31.2 Å². The Bertz CT molecular complexity index is 690. The minimum Gasteiger partial charge on any atom is -0.481 e. The molecule has 0 saturated carbocycles. The van der Waals surface area contributed by atoms with Gasteiger partial charge in [-0.25, -0.2) is 9.97 Å². The maximum absolute atomic E-state index is 12.2. The second-order valence-electron chi connectivity index (χ2n) is 5.74. The zero-order chi connectivity index (χ0) is 17.5. The molecular formula is C18H22N4O3. The van der Waals surface area contributed by atoms with Gasteiger partial charge in [-0.3, -0.25) is 4.79 Å². The number of benzene rings is 1. The highest BCUT2D eigenvalue weighted by Crippen LogP contribution is 2.12. The summed E-state index contributed by atoms with van der Waals surface area (Å²) >= 11 is 0. The Kier molecular flexibility index (Phi) is 5.79. The molecule has 1 amide bonds. The van der Waals surface area contributed by atoms with Crippen LogP contribution in [0, 0.1) is 0 Å². The van der Waals surface area contributed by atoms with Crippen molar-refractivity contribution >= 4 is 11.9 Å². The van der Waals surface area contributed by atoms with Gasteiger partial charge in [0, 0.05) is 19.3 Å². The Balaban J connectivity index is 1.53. The highest BCUT2D eigenvalue weighted by atomic mass is 16.5. The van der Waals surface area contributed by atoms with E-state index in [4.69, 9.17) is 9.47 Å². The number of amides is 1. The lowest BCUT2D eigenvalue weighted by Crippen LogP contribution is -2.38. The monoisotopic (exact) mass is 342 g/mol. The highest BCUT2D eigenvalue weighted by molar-refractivity contribution is 5.80. The summed E-state index contributed by atoms with van der Waals surface area (Å²) in [5, 5.41) is 2.85. The second kappa shape index (κ2) is 8.43. The molecule has 2 aromatic rings. The number of nitrogens with one attached hydrogen (secondary N) is 1. The molecule has 1 aromatic carbocycles. The minimum absolute atomic E-state index is 0.185. The summed E-state index contributed by atoms with van der Waals surface area (Å²) in [4.78, 5) is 23.1. The van der Waals surface area contributed by atoms with Crippen molar-refractivity contribution < 1.29 is 14.3 Å². The number of carbonyl (C=O) groups is 1. The Morgan fingerprint density at radius 1 is 1.28 bits per heavy atom. The molecule has 0 aliphatic carbocycles. The van der Waals surface area contributed by atoms with Crippen molar-refractivity contribution in [3.8, 4) is 5.75 Å². The average molecular weight is 342 g/mol. The molecule has 1 aliphatic rings. The van der Waals surface area contributed by atoms with Crippen LogP contribution >= 0.6 is 0 Å². The van der Waals surface area contributed by atoms with Crippen molar-refractivity contribution in [1.82, 2.24) is 15.3 Å². The van der Waals surface area contributed by atoms with Crippen LogP contribution in [0.15, 0.2) is 42.6 Å². The normalized spacial score (nSPS) is 15.5. The molecule has 1 N–H and O–H groups in total. The molecule has 3 rings (SSSR count). The predicted octanol–water partition coefficient (Wildman–Crippen LogP) is 1.40. The molecule has 0 radical (unpaired) electrons. The van der Waals surface area contributed by atoms with E-state index in [0.717, 1.165) is 18.8 Å². The smallest absolute Gasteiger partial charge is 0.261 e. The number of carbonyl (C=O) groups excluding carboxylic acids is 1. The number of hydrogen-bond acceptors (Lipinski definition) is 6. The van der Waals surface area contributed by atoms with Crippen LogP contribution in [-0.4, -0.2) is 48.3 Å². The maximum Gasteiger partial charge on any atom is 0.261 e. The first-order valence-electron chi connectivity index (χ1n) is 8.36. The molecule has 7 nitrogen and oxygen atoms in total. The van der Waals surface area contributed by atoms with Gasteiger partial charge in [-0.15, -0.1) is 0 Å². The number of anilines is 1. The van der Waals surface area contributed by atoms with Crippen molar-refractivity contribution in [3.63, 3.8) is 0 Å². The van der Waals surface area contributed by atoms with Gasteiger partial charge >= 0.3 is 0 Å². The second-order valence-corrected chi connectivity index (χ2v) is 5.74. The van der Waals surface area contributed by atoms with Gasteiger partial charge in [-0.1, -0.05) is 18.2 Å². The highest BCUT2D eigenvalue weighted by Gasteiger charge is 2.16. The molecule has 25 heavy (non-hydrogen) atoms. The third-order valence-electron chi connectivity index (χ3n) is 3.86. The van der Waals surface area contributed by atoms with E-state index in [9.17, 15) is 4.79 Å². The standard InChI is InChI=1S/C18H22N4O3/c1-14(25-16-5-3-2-4-6-16)17(23)20-13-15-7-8-19-18(21-15)22-9-11-24-12-10-22/h2-8,14H,9-13H2,1H3,(H,20,23)/t14-/m0/s1. The van der Waals surface area contributed by atoms with Crippen molar-refractivity contribution in [2.45, 2.75) is 19.6 Å². The molecule has 0 unspecified atom stereocenters. The summed E-state index contributed by atoms with van der Waals surface area (Å²) in [7, 11) is 0. The van der Waals surface area contributed by atoms with Crippen LogP contribution in [0.25, 0.3) is 0 Å². The fourth-order valence-corrected chi connectivity index (χ4v) is 2.48. The van der Waals surface area contributed by atoms with E-state index in [1.165, 1.54) is 0 Å². The predicted molar refractivity (Wildman–Crippen MR) is 93.4 cm³/mol. The molecule has 1 fully saturated rings. The van der Waals surface area contributed by atoms with Gasteiger partial charge in [0.1, 0.15) is 5.75 Å². The summed E-state index contributed by atoms with van der Waals surface area (Å²) in [6.07, 6.45) is 1.13. The first kappa shape index (κ1) is 17.2. The number of aromatic nitrogens is 2. The molecule has 1 saturated heterocycles. The van der Waals surface area contributed by atoms with E-state index in [1.807, 2.05) is 30.3 Å². The van der Waals surface area contributed by atoms with Gasteiger partial charge in [0.05, 0.1) is 25.5 Å². The summed E-state index contributed by atoms with van der Waals surface area (Å²) < 4.78 is 11.0. The number of nitrogens with zero attached hydrogens (tertiary/aromatic N) is 3. The van der Waals surface area contributed by atoms with E-state index in [0.29, 0.717) is 31.5 Å². The Morgan fingerprint density at radius 2 is 2.04 bits per heavy atom. The third kappa shape index (κ3) is 4.90. The lowest BCUT2D eigenvalue weighted by Gasteiger charge is -2.26. The van der Waals surface area contributed by atoms with Gasteiger partial charge in [-0.2, -0.15) is 0 Å². The zero-order valence-electron chi connectivity index (χ0n) is 14.2. The lowest BCUT2D eigenvalue weighted by molar-refractivity contribution is -0.127. The Hall–Kier alpha value is -2.67. The number of morpholine rings is 1. The number of para-hydroxylation sites is 1. The molecule has 0 spiro atoms. The van der Waals surface area contributed by atoms with Crippen LogP contribution < -0.4 is 15.0 Å². The van der Waals surface area contributed by atoms with Crippen LogP contribution in [0.2, 0.25) is 0 Å². The van der Waals surface area contributed by atoms with Gasteiger partial charge in [-0.05, 0) is 25.1 Å². The van der Waals surface area contributed by atoms with E-state index in [-0.39, 0.29) is 5.91 Å². The van der Waals surface area contributed by atoms with E-state index in [1.54, 1.807) is 19.2 Å². The van der Waals surface area contributed by atoms with Crippen molar-refractivity contribution in [1.29, 1.82) is 0 Å². The van der Waals surface area contributed by atoms with Gasteiger partial charge in [0.25, 0.3) is 5.91 Å². The largest absolute Gasteiger partial charge is 0.481 e. The van der Waals surface area contributed by atoms with Crippen molar-refractivity contribution in [3.05, 3.63) is 48.3 Å². The molecule has 2 heterocycles. The van der Waals surface area contributed by atoms with Crippen LogP contribution in [-0.2, 0) is 16.1 Å². The Labute approximate surface area is 147 Å². The maximum atomic E-state index is 12.2. The van der Waals surface area contributed by atoms with E-state index < -0.39 is 6.10 Å². The summed E-state index contributed by atoms with van der Waals surface area (Å²) in [6, 6.07) is 11.1.